The summed E-state index contributed by atoms with van der Waals surface area (Å²) in [4.78, 5) is 0. The predicted molar refractivity (Wildman–Crippen MR) is 69.5 cm³/mol. The second-order valence-corrected chi connectivity index (χ2v) is 4.78. The van der Waals surface area contributed by atoms with Gasteiger partial charge < -0.3 is 13.7 Å². The van der Waals surface area contributed by atoms with Crippen molar-refractivity contribution in [3.63, 3.8) is 0 Å². The fourth-order valence-electron chi connectivity index (χ4n) is 0.797. The van der Waals surface area contributed by atoms with Gasteiger partial charge in [0.2, 0.25) is 0 Å². The molecule has 3 nitrogen and oxygen atoms in total. The van der Waals surface area contributed by atoms with Crippen LogP contribution < -0.4 is 0 Å². The number of hydrogen-bond donors (Lipinski definition) is 3. The number of rotatable bonds is 6. The van der Waals surface area contributed by atoms with E-state index in [4.69, 9.17) is 13.7 Å². The highest BCUT2D eigenvalue weighted by molar-refractivity contribution is 8.19. The summed E-state index contributed by atoms with van der Waals surface area (Å²) in [6, 6.07) is 0. The molecule has 0 aromatic heterocycles. The van der Waals surface area contributed by atoms with Crippen molar-refractivity contribution in [2.45, 2.75) is 40.0 Å². The largest absolute Gasteiger partial charge is 0.308 e. The molecule has 3 N–H and O–H groups in total. The average Bonchev–Trinajstić information content (AvgIpc) is 2.12. The molecule has 0 saturated heterocycles. The summed E-state index contributed by atoms with van der Waals surface area (Å²) in [6.07, 6.45) is 6.15. The highest BCUT2D eigenvalue weighted by Crippen LogP contribution is 2.33. The topological polar surface area (TPSA) is 60.7 Å². The van der Waals surface area contributed by atoms with Crippen molar-refractivity contribution >= 4 is 10.9 Å². The van der Waals surface area contributed by atoms with Crippen LogP contribution in [-0.2, 0) is 0 Å². The van der Waals surface area contributed by atoms with Crippen LogP contribution >= 0.6 is 10.9 Å². The average molecular weight is 236 g/mol. The summed E-state index contributed by atoms with van der Waals surface area (Å²) in [5.74, 6) is 0.0599. The van der Waals surface area contributed by atoms with E-state index in [1.807, 2.05) is 32.9 Å². The minimum Gasteiger partial charge on any atom is -0.308 e. The van der Waals surface area contributed by atoms with Gasteiger partial charge in [-0.1, -0.05) is 38.2 Å². The Morgan fingerprint density at radius 2 is 1.73 bits per heavy atom. The Morgan fingerprint density at radius 1 is 1.20 bits per heavy atom. The zero-order valence-electron chi connectivity index (χ0n) is 9.94. The fraction of sp³-hybridized carbons (Fsp3) is 0.636. The molecule has 0 bridgehead atoms. The van der Waals surface area contributed by atoms with Gasteiger partial charge in [-0.25, -0.2) is 0 Å². The first-order valence-electron chi connectivity index (χ1n) is 5.19. The lowest BCUT2D eigenvalue weighted by Crippen LogP contribution is -1.99. The quantitative estimate of drug-likeness (QED) is 0.468. The van der Waals surface area contributed by atoms with Crippen LogP contribution in [0.15, 0.2) is 24.3 Å². The second-order valence-electron chi connectivity index (χ2n) is 3.11. The van der Waals surface area contributed by atoms with Crippen LogP contribution in [0.1, 0.15) is 40.0 Å². The van der Waals surface area contributed by atoms with Crippen molar-refractivity contribution in [2.24, 2.45) is 0 Å². The van der Waals surface area contributed by atoms with Gasteiger partial charge in [0, 0.05) is 5.75 Å². The summed E-state index contributed by atoms with van der Waals surface area (Å²) in [5, 5.41) is 0. The fourth-order valence-corrected chi connectivity index (χ4v) is 1.35. The molecule has 0 aromatic carbocycles. The van der Waals surface area contributed by atoms with Crippen molar-refractivity contribution < 1.29 is 13.7 Å². The van der Waals surface area contributed by atoms with E-state index in [1.54, 1.807) is 0 Å². The second kappa shape index (κ2) is 10.2. The molecule has 0 unspecified atom stereocenters. The third-order valence-corrected chi connectivity index (χ3v) is 2.26. The van der Waals surface area contributed by atoms with Gasteiger partial charge in [-0.15, -0.1) is 0 Å². The van der Waals surface area contributed by atoms with E-state index in [0.717, 1.165) is 18.4 Å². The molecule has 0 aromatic rings. The van der Waals surface area contributed by atoms with E-state index in [-0.39, 0.29) is 5.75 Å². The Morgan fingerprint density at radius 3 is 2.13 bits per heavy atom. The first-order chi connectivity index (χ1) is 6.92. The van der Waals surface area contributed by atoms with Gasteiger partial charge in [0.15, 0.2) is 0 Å². The van der Waals surface area contributed by atoms with Crippen molar-refractivity contribution in [1.82, 2.24) is 0 Å². The number of hydrogen-bond acceptors (Lipinski definition) is 3. The molecule has 0 amide bonds. The monoisotopic (exact) mass is 236 g/mol. The lowest BCUT2D eigenvalue weighted by Gasteiger charge is -2.17. The summed E-state index contributed by atoms with van der Waals surface area (Å²) in [5.41, 5.74) is 1.10. The zero-order chi connectivity index (χ0) is 12.3. The van der Waals surface area contributed by atoms with Crippen LogP contribution in [0, 0.1) is 0 Å². The van der Waals surface area contributed by atoms with Crippen LogP contribution in [-0.4, -0.2) is 19.4 Å². The number of allylic oxidation sites excluding steroid dienone is 3. The van der Waals surface area contributed by atoms with E-state index < -0.39 is 10.9 Å². The van der Waals surface area contributed by atoms with Crippen molar-refractivity contribution in [3.8, 4) is 0 Å². The first kappa shape index (κ1) is 17.1. The minimum atomic E-state index is -3.28. The third-order valence-electron chi connectivity index (χ3n) is 1.42. The maximum absolute atomic E-state index is 8.62. The Labute approximate surface area is 95.1 Å². The van der Waals surface area contributed by atoms with E-state index in [9.17, 15) is 0 Å². The normalized spacial score (nSPS) is 12.1. The van der Waals surface area contributed by atoms with Crippen LogP contribution in [0.5, 0.6) is 0 Å². The molecule has 0 aliphatic heterocycles. The first-order valence-corrected chi connectivity index (χ1v) is 6.87. The van der Waals surface area contributed by atoms with Gasteiger partial charge in [0.05, 0.1) is 10.9 Å². The maximum atomic E-state index is 8.62. The standard InChI is InChI=1S/C9H18O3S.C2H6/c1-9(2)7-5-3-4-6-8-13(10,11)12;1-2/h3,5,10-12H,1,4,6-8H2,2H3;1-2H3/b5-3+;. The van der Waals surface area contributed by atoms with Gasteiger partial charge in [0.25, 0.3) is 0 Å². The molecule has 0 atom stereocenters. The van der Waals surface area contributed by atoms with Crippen LogP contribution in [0.2, 0.25) is 0 Å². The lowest BCUT2D eigenvalue weighted by atomic mass is 10.2. The van der Waals surface area contributed by atoms with E-state index in [2.05, 4.69) is 6.58 Å². The van der Waals surface area contributed by atoms with Gasteiger partial charge in [0.1, 0.15) is 0 Å². The van der Waals surface area contributed by atoms with Crippen molar-refractivity contribution in [2.75, 3.05) is 5.75 Å². The van der Waals surface area contributed by atoms with E-state index in [1.165, 1.54) is 0 Å². The molecule has 0 aliphatic rings. The van der Waals surface area contributed by atoms with Gasteiger partial charge in [-0.05, 0) is 26.2 Å². The molecule has 0 fully saturated rings. The maximum Gasteiger partial charge on any atom is 0.0810 e. The highest BCUT2D eigenvalue weighted by Gasteiger charge is 2.08. The number of unbranched alkanes of at least 4 members (excludes halogenated alkanes) is 1. The summed E-state index contributed by atoms with van der Waals surface area (Å²) < 4.78 is 25.9. The molecular formula is C11H24O3S. The molecule has 4 heteroatoms. The molecule has 92 valence electrons. The molecule has 0 spiro atoms. The lowest BCUT2D eigenvalue weighted by molar-refractivity contribution is 0.375. The van der Waals surface area contributed by atoms with E-state index in [0.29, 0.717) is 6.42 Å². The third kappa shape index (κ3) is 19.9. The Kier molecular flexibility index (Phi) is 11.7. The smallest absolute Gasteiger partial charge is 0.0810 e. The molecule has 0 radical (unpaired) electrons. The molecule has 15 heavy (non-hydrogen) atoms. The summed E-state index contributed by atoms with van der Waals surface area (Å²) in [6.45, 7) is 9.70. The van der Waals surface area contributed by atoms with Crippen LogP contribution in [0.3, 0.4) is 0 Å². The zero-order valence-corrected chi connectivity index (χ0v) is 10.8. The van der Waals surface area contributed by atoms with Crippen LogP contribution in [0.25, 0.3) is 0 Å². The molecule has 0 heterocycles. The van der Waals surface area contributed by atoms with Gasteiger partial charge in [-0.3, -0.25) is 0 Å². The Hall–Kier alpha value is -0.290. The van der Waals surface area contributed by atoms with Gasteiger partial charge >= 0.3 is 0 Å². The summed E-state index contributed by atoms with van der Waals surface area (Å²) >= 11 is 0. The highest BCUT2D eigenvalue weighted by atomic mass is 32.3. The molecule has 0 rings (SSSR count). The molecule has 0 saturated carbocycles. The Bertz CT molecular complexity index is 183. The predicted octanol–water partition coefficient (Wildman–Crippen LogP) is 4.54. The minimum absolute atomic E-state index is 0.0599. The molecule has 0 aliphatic carbocycles. The van der Waals surface area contributed by atoms with Gasteiger partial charge in [-0.2, -0.15) is 0 Å². The SMILES string of the molecule is C=C(C)C/C=C/CCCS(O)(O)O.CC. The van der Waals surface area contributed by atoms with Crippen molar-refractivity contribution in [1.29, 1.82) is 0 Å². The Balaban J connectivity index is 0. The summed E-state index contributed by atoms with van der Waals surface area (Å²) in [7, 11) is -3.28. The van der Waals surface area contributed by atoms with Crippen molar-refractivity contribution in [3.05, 3.63) is 24.3 Å². The molecular weight excluding hydrogens is 212 g/mol. The van der Waals surface area contributed by atoms with E-state index >= 15 is 0 Å². The van der Waals surface area contributed by atoms with Crippen LogP contribution in [0.4, 0.5) is 0 Å².